The standard InChI is InChI=1S/C13H19N5O/c1-8(2)5-15-11(19)7-18-12-10(17-13(18)14)4-9(3)6-16-12/h4,6,8H,5,7H2,1-3H3,(H2,14,17)(H,15,19). The number of carbonyl (C=O) groups is 1. The lowest BCUT2D eigenvalue weighted by molar-refractivity contribution is -0.121. The molecule has 1 amide bonds. The van der Waals surface area contributed by atoms with E-state index in [1.807, 2.05) is 26.8 Å². The summed E-state index contributed by atoms with van der Waals surface area (Å²) in [5.41, 5.74) is 8.21. The molecular weight excluding hydrogens is 242 g/mol. The third kappa shape index (κ3) is 3.01. The first-order valence-corrected chi connectivity index (χ1v) is 6.32. The minimum atomic E-state index is -0.0814. The summed E-state index contributed by atoms with van der Waals surface area (Å²) in [7, 11) is 0. The molecule has 0 bridgehead atoms. The van der Waals surface area contributed by atoms with Crippen LogP contribution >= 0.6 is 0 Å². The number of nitrogens with zero attached hydrogens (tertiary/aromatic N) is 3. The monoisotopic (exact) mass is 261 g/mol. The van der Waals surface area contributed by atoms with E-state index in [0.717, 1.165) is 5.56 Å². The minimum absolute atomic E-state index is 0.0814. The van der Waals surface area contributed by atoms with Crippen molar-refractivity contribution in [1.82, 2.24) is 19.9 Å². The molecule has 0 aliphatic heterocycles. The summed E-state index contributed by atoms with van der Waals surface area (Å²) < 4.78 is 1.63. The quantitative estimate of drug-likeness (QED) is 0.862. The van der Waals surface area contributed by atoms with Gasteiger partial charge in [-0.1, -0.05) is 13.8 Å². The van der Waals surface area contributed by atoms with E-state index >= 15 is 0 Å². The predicted molar refractivity (Wildman–Crippen MR) is 74.5 cm³/mol. The molecule has 2 aromatic rings. The number of fused-ring (bicyclic) bond motifs is 1. The van der Waals surface area contributed by atoms with E-state index in [9.17, 15) is 4.79 Å². The highest BCUT2D eigenvalue weighted by atomic mass is 16.1. The van der Waals surface area contributed by atoms with Crippen LogP contribution in [-0.2, 0) is 11.3 Å². The summed E-state index contributed by atoms with van der Waals surface area (Å²) in [4.78, 5) is 20.3. The largest absolute Gasteiger partial charge is 0.369 e. The van der Waals surface area contributed by atoms with Gasteiger partial charge in [-0.25, -0.2) is 9.97 Å². The van der Waals surface area contributed by atoms with E-state index in [0.29, 0.717) is 29.6 Å². The van der Waals surface area contributed by atoms with E-state index in [2.05, 4.69) is 15.3 Å². The predicted octanol–water partition coefficient (Wildman–Crippen LogP) is 1.09. The molecule has 6 nitrogen and oxygen atoms in total. The van der Waals surface area contributed by atoms with Gasteiger partial charge in [0, 0.05) is 12.7 Å². The minimum Gasteiger partial charge on any atom is -0.369 e. The maximum atomic E-state index is 11.8. The van der Waals surface area contributed by atoms with E-state index in [1.54, 1.807) is 10.8 Å². The van der Waals surface area contributed by atoms with Crippen molar-refractivity contribution in [3.63, 3.8) is 0 Å². The molecule has 3 N–H and O–H groups in total. The average molecular weight is 261 g/mol. The number of aromatic nitrogens is 3. The molecule has 2 aromatic heterocycles. The molecule has 0 fully saturated rings. The number of imidazole rings is 1. The van der Waals surface area contributed by atoms with Crippen molar-refractivity contribution in [3.8, 4) is 0 Å². The number of aryl methyl sites for hydroxylation is 1. The lowest BCUT2D eigenvalue weighted by atomic mass is 10.2. The second-order valence-corrected chi connectivity index (χ2v) is 5.11. The van der Waals surface area contributed by atoms with Crippen LogP contribution in [-0.4, -0.2) is 27.0 Å². The van der Waals surface area contributed by atoms with Gasteiger partial charge in [0.2, 0.25) is 11.9 Å². The van der Waals surface area contributed by atoms with Gasteiger partial charge in [-0.15, -0.1) is 0 Å². The van der Waals surface area contributed by atoms with Crippen LogP contribution in [0.1, 0.15) is 19.4 Å². The zero-order chi connectivity index (χ0) is 14.0. The van der Waals surface area contributed by atoms with Gasteiger partial charge in [0.25, 0.3) is 0 Å². The molecule has 2 rings (SSSR count). The summed E-state index contributed by atoms with van der Waals surface area (Å²) in [6, 6.07) is 1.90. The van der Waals surface area contributed by atoms with Gasteiger partial charge >= 0.3 is 0 Å². The molecule has 0 saturated heterocycles. The average Bonchev–Trinajstić information content (AvgIpc) is 2.62. The fourth-order valence-corrected chi connectivity index (χ4v) is 1.80. The van der Waals surface area contributed by atoms with Crippen molar-refractivity contribution < 1.29 is 4.79 Å². The number of pyridine rings is 1. The summed E-state index contributed by atoms with van der Waals surface area (Å²) in [6.07, 6.45) is 1.74. The van der Waals surface area contributed by atoms with Crippen LogP contribution in [0.5, 0.6) is 0 Å². The van der Waals surface area contributed by atoms with Crippen LogP contribution in [0.2, 0.25) is 0 Å². The molecule has 0 unspecified atom stereocenters. The van der Waals surface area contributed by atoms with Crippen LogP contribution in [0, 0.1) is 12.8 Å². The van der Waals surface area contributed by atoms with Gasteiger partial charge < -0.3 is 11.1 Å². The molecule has 0 saturated carbocycles. The maximum absolute atomic E-state index is 11.8. The Morgan fingerprint density at radius 2 is 2.26 bits per heavy atom. The first-order chi connectivity index (χ1) is 8.97. The normalized spacial score (nSPS) is 11.2. The number of nitrogens with one attached hydrogen (secondary N) is 1. The molecule has 0 spiro atoms. The smallest absolute Gasteiger partial charge is 0.240 e. The van der Waals surface area contributed by atoms with E-state index < -0.39 is 0 Å². The molecule has 0 aliphatic rings. The van der Waals surface area contributed by atoms with Gasteiger partial charge in [-0.2, -0.15) is 0 Å². The zero-order valence-corrected chi connectivity index (χ0v) is 11.5. The van der Waals surface area contributed by atoms with Gasteiger partial charge in [-0.05, 0) is 24.5 Å². The Labute approximate surface area is 112 Å². The van der Waals surface area contributed by atoms with Crippen LogP contribution in [0.4, 0.5) is 5.95 Å². The first kappa shape index (κ1) is 13.3. The SMILES string of the molecule is Cc1cnc2c(c1)nc(N)n2CC(=O)NCC(C)C. The Balaban J connectivity index is 2.20. The number of hydrogen-bond donors (Lipinski definition) is 2. The number of nitrogen functional groups attached to an aromatic ring is 1. The third-order valence-corrected chi connectivity index (χ3v) is 2.76. The van der Waals surface area contributed by atoms with Gasteiger partial charge in [0.05, 0.1) is 0 Å². The second-order valence-electron chi connectivity index (χ2n) is 5.11. The second kappa shape index (κ2) is 5.26. The van der Waals surface area contributed by atoms with Crippen molar-refractivity contribution in [2.24, 2.45) is 5.92 Å². The lowest BCUT2D eigenvalue weighted by Crippen LogP contribution is -2.31. The number of hydrogen-bond acceptors (Lipinski definition) is 4. The number of rotatable bonds is 4. The number of anilines is 1. The summed E-state index contributed by atoms with van der Waals surface area (Å²) in [6.45, 7) is 6.83. The highest BCUT2D eigenvalue weighted by Gasteiger charge is 2.12. The molecule has 0 atom stereocenters. The lowest BCUT2D eigenvalue weighted by Gasteiger charge is -2.09. The van der Waals surface area contributed by atoms with Crippen LogP contribution < -0.4 is 11.1 Å². The molecule has 19 heavy (non-hydrogen) atoms. The van der Waals surface area contributed by atoms with E-state index in [4.69, 9.17) is 5.73 Å². The highest BCUT2D eigenvalue weighted by molar-refractivity contribution is 5.80. The van der Waals surface area contributed by atoms with E-state index in [-0.39, 0.29) is 12.5 Å². The fraction of sp³-hybridized carbons (Fsp3) is 0.462. The Kier molecular flexibility index (Phi) is 3.69. The third-order valence-electron chi connectivity index (χ3n) is 2.76. The molecule has 6 heteroatoms. The van der Waals surface area contributed by atoms with Crippen LogP contribution in [0.3, 0.4) is 0 Å². The summed E-state index contributed by atoms with van der Waals surface area (Å²) in [5, 5.41) is 2.85. The van der Waals surface area contributed by atoms with Crippen molar-refractivity contribution in [1.29, 1.82) is 0 Å². The molecule has 102 valence electrons. The van der Waals surface area contributed by atoms with Crippen molar-refractivity contribution in [2.75, 3.05) is 12.3 Å². The van der Waals surface area contributed by atoms with Crippen molar-refractivity contribution in [2.45, 2.75) is 27.3 Å². The fourth-order valence-electron chi connectivity index (χ4n) is 1.80. The van der Waals surface area contributed by atoms with Crippen molar-refractivity contribution >= 4 is 23.0 Å². The molecule has 0 aliphatic carbocycles. The van der Waals surface area contributed by atoms with E-state index in [1.165, 1.54) is 0 Å². The Hall–Kier alpha value is -2.11. The topological polar surface area (TPSA) is 85.8 Å². The first-order valence-electron chi connectivity index (χ1n) is 6.32. The Bertz CT molecular complexity index is 602. The van der Waals surface area contributed by atoms with Gasteiger partial charge in [0.15, 0.2) is 5.65 Å². The molecule has 2 heterocycles. The summed E-state index contributed by atoms with van der Waals surface area (Å²) in [5.74, 6) is 0.650. The van der Waals surface area contributed by atoms with Gasteiger partial charge in [-0.3, -0.25) is 9.36 Å². The molecule has 0 aromatic carbocycles. The number of carbonyl (C=O) groups excluding carboxylic acids is 1. The highest BCUT2D eigenvalue weighted by Crippen LogP contribution is 2.16. The van der Waals surface area contributed by atoms with Crippen LogP contribution in [0.25, 0.3) is 11.2 Å². The Morgan fingerprint density at radius 3 is 2.95 bits per heavy atom. The Morgan fingerprint density at radius 1 is 1.53 bits per heavy atom. The number of nitrogens with two attached hydrogens (primary N) is 1. The number of amides is 1. The zero-order valence-electron chi connectivity index (χ0n) is 11.5. The van der Waals surface area contributed by atoms with Crippen LogP contribution in [0.15, 0.2) is 12.3 Å². The maximum Gasteiger partial charge on any atom is 0.240 e. The molecule has 0 radical (unpaired) electrons. The van der Waals surface area contributed by atoms with Crippen molar-refractivity contribution in [3.05, 3.63) is 17.8 Å². The molecular formula is C13H19N5O. The summed E-state index contributed by atoms with van der Waals surface area (Å²) >= 11 is 0. The van der Waals surface area contributed by atoms with Gasteiger partial charge in [0.1, 0.15) is 12.1 Å².